The number of nitrogens with zero attached hydrogens (tertiary/aromatic N) is 1. The molecule has 1 amide bonds. The Morgan fingerprint density at radius 2 is 2.33 bits per heavy atom. The van der Waals surface area contributed by atoms with Gasteiger partial charge in [-0.05, 0) is 42.6 Å². The van der Waals surface area contributed by atoms with Gasteiger partial charge >= 0.3 is 0 Å². The van der Waals surface area contributed by atoms with Gasteiger partial charge in [0, 0.05) is 23.2 Å². The maximum atomic E-state index is 11.5. The lowest BCUT2D eigenvalue weighted by Crippen LogP contribution is -2.12. The predicted molar refractivity (Wildman–Crippen MR) is 61.0 cm³/mol. The number of carbonyl (C=O) groups is 1. The Hall–Kier alpha value is -1.42. The van der Waals surface area contributed by atoms with E-state index in [0.717, 1.165) is 28.6 Å². The summed E-state index contributed by atoms with van der Waals surface area (Å²) in [7, 11) is 0. The maximum Gasteiger partial charge on any atom is 0.227 e. The summed E-state index contributed by atoms with van der Waals surface area (Å²) in [5.74, 6) is 0.402. The second-order valence-electron chi connectivity index (χ2n) is 3.84. The van der Waals surface area contributed by atoms with Crippen molar-refractivity contribution >= 4 is 33.2 Å². The maximum absolute atomic E-state index is 11.5. The molecule has 1 fully saturated rings. The first-order valence-electron chi connectivity index (χ1n) is 4.98. The number of amides is 1. The molecule has 3 rings (SSSR count). The minimum absolute atomic E-state index is 0.150. The molecule has 0 radical (unpaired) electrons. The molecule has 2 aromatic rings. The van der Waals surface area contributed by atoms with Crippen molar-refractivity contribution in [2.24, 2.45) is 5.92 Å². The highest BCUT2D eigenvalue weighted by Crippen LogP contribution is 2.30. The molecule has 0 bridgehead atoms. The van der Waals surface area contributed by atoms with E-state index in [2.05, 4.69) is 9.69 Å². The topological polar surface area (TPSA) is 42.0 Å². The third-order valence-electron chi connectivity index (χ3n) is 2.57. The lowest BCUT2D eigenvalue weighted by Gasteiger charge is -2.03. The fourth-order valence-corrected chi connectivity index (χ4v) is 2.17. The average Bonchev–Trinajstić information content (AvgIpc) is 2.98. The molecule has 0 spiro atoms. The van der Waals surface area contributed by atoms with Crippen LogP contribution >= 0.6 is 11.5 Å². The quantitative estimate of drug-likeness (QED) is 0.842. The third kappa shape index (κ3) is 1.72. The van der Waals surface area contributed by atoms with Crippen LogP contribution in [0.5, 0.6) is 0 Å². The minimum atomic E-state index is 0.150. The lowest BCUT2D eigenvalue weighted by molar-refractivity contribution is -0.117. The Balaban J connectivity index is 1.86. The lowest BCUT2D eigenvalue weighted by atomic mass is 10.2. The molecule has 15 heavy (non-hydrogen) atoms. The van der Waals surface area contributed by atoms with Gasteiger partial charge in [0.05, 0.1) is 4.70 Å². The number of carbonyl (C=O) groups excluding carboxylic acids is 1. The number of benzene rings is 1. The van der Waals surface area contributed by atoms with Crippen molar-refractivity contribution in [1.82, 2.24) is 4.37 Å². The van der Waals surface area contributed by atoms with Gasteiger partial charge in [-0.2, -0.15) is 4.37 Å². The normalized spacial score (nSPS) is 15.5. The second kappa shape index (κ2) is 3.31. The van der Waals surface area contributed by atoms with Crippen LogP contribution in [0.4, 0.5) is 5.69 Å². The number of hydrogen-bond donors (Lipinski definition) is 1. The Kier molecular flexibility index (Phi) is 1.95. The van der Waals surface area contributed by atoms with Gasteiger partial charge in [0.2, 0.25) is 5.91 Å². The van der Waals surface area contributed by atoms with E-state index in [1.54, 1.807) is 0 Å². The molecule has 76 valence electrons. The predicted octanol–water partition coefficient (Wildman–Crippen LogP) is 2.64. The van der Waals surface area contributed by atoms with E-state index in [1.165, 1.54) is 11.5 Å². The molecular formula is C11H10N2OS. The van der Waals surface area contributed by atoms with E-state index < -0.39 is 0 Å². The fraction of sp³-hybridized carbons (Fsp3) is 0.273. The SMILES string of the molecule is O=C(Nc1ccc2sncc2c1)C1CC1. The van der Waals surface area contributed by atoms with E-state index >= 15 is 0 Å². The summed E-state index contributed by atoms with van der Waals surface area (Å²) in [6.07, 6.45) is 3.90. The van der Waals surface area contributed by atoms with E-state index in [0.29, 0.717) is 0 Å². The smallest absolute Gasteiger partial charge is 0.227 e. The standard InChI is InChI=1S/C11H10N2OS/c14-11(7-1-2-7)13-9-3-4-10-8(5-9)6-12-15-10/h3-7H,1-2H2,(H,13,14). The summed E-state index contributed by atoms with van der Waals surface area (Å²) in [5, 5.41) is 4.01. The number of hydrogen-bond acceptors (Lipinski definition) is 3. The highest BCUT2D eigenvalue weighted by molar-refractivity contribution is 7.13. The van der Waals surface area contributed by atoms with Crippen LogP contribution < -0.4 is 5.32 Å². The molecule has 0 aliphatic heterocycles. The van der Waals surface area contributed by atoms with Gasteiger partial charge in [0.1, 0.15) is 0 Å². The highest BCUT2D eigenvalue weighted by atomic mass is 32.1. The highest BCUT2D eigenvalue weighted by Gasteiger charge is 2.29. The Morgan fingerprint density at radius 3 is 3.13 bits per heavy atom. The van der Waals surface area contributed by atoms with Crippen LogP contribution in [0.1, 0.15) is 12.8 Å². The molecule has 1 heterocycles. The summed E-state index contributed by atoms with van der Waals surface area (Å²) in [5.41, 5.74) is 0.875. The number of aromatic nitrogens is 1. The molecule has 1 aliphatic carbocycles. The summed E-state index contributed by atoms with van der Waals surface area (Å²) in [4.78, 5) is 11.5. The molecule has 1 aromatic heterocycles. The zero-order valence-corrected chi connectivity index (χ0v) is 8.88. The molecule has 1 N–H and O–H groups in total. The van der Waals surface area contributed by atoms with E-state index in [9.17, 15) is 4.79 Å². The van der Waals surface area contributed by atoms with Crippen LogP contribution in [0.25, 0.3) is 10.1 Å². The Morgan fingerprint density at radius 1 is 1.47 bits per heavy atom. The Bertz CT molecular complexity index is 516. The zero-order valence-electron chi connectivity index (χ0n) is 8.06. The summed E-state index contributed by atoms with van der Waals surface area (Å²) >= 11 is 1.47. The molecule has 1 aromatic carbocycles. The summed E-state index contributed by atoms with van der Waals surface area (Å²) in [6, 6.07) is 5.90. The minimum Gasteiger partial charge on any atom is -0.326 e. The first-order chi connectivity index (χ1) is 7.33. The van der Waals surface area contributed by atoms with Crippen molar-refractivity contribution in [3.05, 3.63) is 24.4 Å². The molecule has 1 aliphatic rings. The number of rotatable bonds is 2. The van der Waals surface area contributed by atoms with Crippen LogP contribution in [0.2, 0.25) is 0 Å². The number of nitrogens with one attached hydrogen (secondary N) is 1. The van der Waals surface area contributed by atoms with Crippen molar-refractivity contribution in [1.29, 1.82) is 0 Å². The van der Waals surface area contributed by atoms with Gasteiger partial charge in [0.15, 0.2) is 0 Å². The first-order valence-corrected chi connectivity index (χ1v) is 5.75. The monoisotopic (exact) mass is 218 g/mol. The Labute approximate surface area is 91.3 Å². The molecular weight excluding hydrogens is 208 g/mol. The van der Waals surface area contributed by atoms with E-state index in [-0.39, 0.29) is 11.8 Å². The summed E-state index contributed by atoms with van der Waals surface area (Å²) < 4.78 is 5.25. The average molecular weight is 218 g/mol. The second-order valence-corrected chi connectivity index (χ2v) is 4.68. The number of anilines is 1. The molecule has 0 unspecified atom stereocenters. The molecule has 4 heteroatoms. The van der Waals surface area contributed by atoms with Crippen molar-refractivity contribution in [3.63, 3.8) is 0 Å². The molecule has 0 atom stereocenters. The third-order valence-corrected chi connectivity index (χ3v) is 3.35. The van der Waals surface area contributed by atoms with Gasteiger partial charge in [-0.25, -0.2) is 0 Å². The van der Waals surface area contributed by atoms with Gasteiger partial charge < -0.3 is 5.32 Å². The molecule has 0 saturated heterocycles. The van der Waals surface area contributed by atoms with Crippen LogP contribution in [-0.4, -0.2) is 10.3 Å². The largest absolute Gasteiger partial charge is 0.326 e. The van der Waals surface area contributed by atoms with Crippen molar-refractivity contribution in [3.8, 4) is 0 Å². The van der Waals surface area contributed by atoms with Crippen LogP contribution in [0, 0.1) is 5.92 Å². The van der Waals surface area contributed by atoms with Gasteiger partial charge in [-0.1, -0.05) is 0 Å². The van der Waals surface area contributed by atoms with Crippen LogP contribution in [0.3, 0.4) is 0 Å². The van der Waals surface area contributed by atoms with Crippen molar-refractivity contribution < 1.29 is 4.79 Å². The zero-order chi connectivity index (χ0) is 10.3. The van der Waals surface area contributed by atoms with Crippen molar-refractivity contribution in [2.75, 3.05) is 5.32 Å². The van der Waals surface area contributed by atoms with E-state index in [1.807, 2.05) is 24.4 Å². The number of fused-ring (bicyclic) bond motifs is 1. The van der Waals surface area contributed by atoms with Gasteiger partial charge in [-0.3, -0.25) is 4.79 Å². The van der Waals surface area contributed by atoms with Gasteiger partial charge in [0.25, 0.3) is 0 Å². The van der Waals surface area contributed by atoms with E-state index in [4.69, 9.17) is 0 Å². The molecule has 3 nitrogen and oxygen atoms in total. The first kappa shape index (κ1) is 8.85. The van der Waals surface area contributed by atoms with Crippen LogP contribution in [0.15, 0.2) is 24.4 Å². The van der Waals surface area contributed by atoms with Crippen LogP contribution in [-0.2, 0) is 4.79 Å². The summed E-state index contributed by atoms with van der Waals surface area (Å²) in [6.45, 7) is 0. The fourth-order valence-electron chi connectivity index (χ4n) is 1.54. The molecule has 1 saturated carbocycles. The van der Waals surface area contributed by atoms with Gasteiger partial charge in [-0.15, -0.1) is 0 Å². The van der Waals surface area contributed by atoms with Crippen molar-refractivity contribution in [2.45, 2.75) is 12.8 Å².